The third-order valence-electron chi connectivity index (χ3n) is 4.16. The second-order valence-electron chi connectivity index (χ2n) is 5.52. The molecule has 0 bridgehead atoms. The number of imidazole rings is 2. The van der Waals surface area contributed by atoms with Gasteiger partial charge in [-0.15, -0.1) is 0 Å². The van der Waals surface area contributed by atoms with Crippen LogP contribution < -0.4 is 4.90 Å². The number of piperazine rings is 1. The maximum atomic E-state index is 4.43. The van der Waals surface area contributed by atoms with Crippen molar-refractivity contribution in [3.63, 3.8) is 0 Å². The van der Waals surface area contributed by atoms with Gasteiger partial charge in [-0.05, 0) is 0 Å². The van der Waals surface area contributed by atoms with E-state index < -0.39 is 0 Å². The Labute approximate surface area is 127 Å². The van der Waals surface area contributed by atoms with Crippen LogP contribution >= 0.6 is 0 Å². The molecule has 1 fully saturated rings. The number of aryl methyl sites for hydroxylation is 1. The van der Waals surface area contributed by atoms with Gasteiger partial charge in [-0.25, -0.2) is 19.9 Å². The van der Waals surface area contributed by atoms with Crippen molar-refractivity contribution in [2.75, 3.05) is 31.1 Å². The Hall–Kier alpha value is -2.48. The number of H-pyrrole nitrogens is 1. The number of aromatic nitrogens is 6. The molecule has 1 aliphatic rings. The molecule has 0 saturated carbocycles. The zero-order chi connectivity index (χ0) is 14.9. The summed E-state index contributed by atoms with van der Waals surface area (Å²) in [4.78, 5) is 25.0. The smallest absolute Gasteiger partial charge is 0.182 e. The second kappa shape index (κ2) is 5.38. The number of fused-ring (bicyclic) bond motifs is 1. The van der Waals surface area contributed by atoms with Crippen LogP contribution in [0.15, 0.2) is 25.0 Å². The van der Waals surface area contributed by atoms with Crippen LogP contribution in [0.1, 0.15) is 5.82 Å². The number of hydrogen-bond donors (Lipinski definition) is 1. The number of nitrogens with zero attached hydrogens (tertiary/aromatic N) is 7. The van der Waals surface area contributed by atoms with Crippen molar-refractivity contribution >= 4 is 17.0 Å². The second-order valence-corrected chi connectivity index (χ2v) is 5.52. The minimum absolute atomic E-state index is 0.723. The number of aromatic amines is 1. The average Bonchev–Trinajstić information content (AvgIpc) is 3.17. The Morgan fingerprint density at radius 1 is 1.09 bits per heavy atom. The monoisotopic (exact) mass is 298 g/mol. The molecule has 114 valence electrons. The van der Waals surface area contributed by atoms with E-state index in [0.717, 1.165) is 55.5 Å². The van der Waals surface area contributed by atoms with Crippen molar-refractivity contribution in [2.24, 2.45) is 7.05 Å². The lowest BCUT2D eigenvalue weighted by Gasteiger charge is -2.35. The van der Waals surface area contributed by atoms with Gasteiger partial charge in [-0.1, -0.05) is 0 Å². The maximum absolute atomic E-state index is 4.43. The highest BCUT2D eigenvalue weighted by Gasteiger charge is 2.21. The summed E-state index contributed by atoms with van der Waals surface area (Å²) >= 11 is 0. The van der Waals surface area contributed by atoms with Crippen LogP contribution in [-0.4, -0.2) is 60.6 Å². The van der Waals surface area contributed by atoms with E-state index in [1.165, 1.54) is 0 Å². The molecule has 0 unspecified atom stereocenters. The van der Waals surface area contributed by atoms with Crippen molar-refractivity contribution in [1.29, 1.82) is 0 Å². The molecule has 0 radical (unpaired) electrons. The van der Waals surface area contributed by atoms with E-state index in [4.69, 9.17) is 0 Å². The Morgan fingerprint density at radius 2 is 1.95 bits per heavy atom. The third kappa shape index (κ3) is 2.31. The molecule has 4 heterocycles. The maximum Gasteiger partial charge on any atom is 0.182 e. The predicted molar refractivity (Wildman–Crippen MR) is 82.4 cm³/mol. The van der Waals surface area contributed by atoms with E-state index >= 15 is 0 Å². The summed E-state index contributed by atoms with van der Waals surface area (Å²) in [6.07, 6.45) is 7.09. The van der Waals surface area contributed by atoms with Crippen LogP contribution in [0.5, 0.6) is 0 Å². The first kappa shape index (κ1) is 13.2. The molecule has 3 aromatic heterocycles. The van der Waals surface area contributed by atoms with Crippen LogP contribution in [-0.2, 0) is 13.6 Å². The van der Waals surface area contributed by atoms with Gasteiger partial charge in [0.2, 0.25) is 0 Å². The van der Waals surface area contributed by atoms with Crippen molar-refractivity contribution in [3.05, 3.63) is 30.9 Å². The summed E-state index contributed by atoms with van der Waals surface area (Å²) < 4.78 is 2.07. The van der Waals surface area contributed by atoms with Gasteiger partial charge in [0.05, 0.1) is 12.9 Å². The molecule has 1 aliphatic heterocycles. The number of hydrogen-bond acceptors (Lipinski definition) is 6. The van der Waals surface area contributed by atoms with Crippen molar-refractivity contribution in [2.45, 2.75) is 6.54 Å². The van der Waals surface area contributed by atoms with Gasteiger partial charge in [0.25, 0.3) is 0 Å². The highest BCUT2D eigenvalue weighted by Crippen LogP contribution is 2.21. The fourth-order valence-corrected chi connectivity index (χ4v) is 2.86. The molecule has 0 spiro atoms. The number of anilines is 1. The first-order chi connectivity index (χ1) is 10.8. The molecule has 1 N–H and O–H groups in total. The molecule has 8 heteroatoms. The molecular weight excluding hydrogens is 280 g/mol. The van der Waals surface area contributed by atoms with E-state index in [2.05, 4.69) is 39.3 Å². The van der Waals surface area contributed by atoms with Crippen molar-refractivity contribution < 1.29 is 0 Å². The standard InChI is InChI=1S/C14H18N8/c1-20-3-2-15-11(20)8-21-4-6-22(7-5-21)14-12-13(17-9-16-12)18-10-19-14/h2-3,9-10H,4-8H2,1H3,(H,16,17,18,19). The first-order valence-electron chi connectivity index (χ1n) is 7.39. The average molecular weight is 298 g/mol. The van der Waals surface area contributed by atoms with Crippen molar-refractivity contribution in [3.8, 4) is 0 Å². The number of nitrogens with one attached hydrogen (secondary N) is 1. The molecule has 0 atom stereocenters. The van der Waals surface area contributed by atoms with E-state index in [0.29, 0.717) is 0 Å². The molecule has 0 amide bonds. The fraction of sp³-hybridized carbons (Fsp3) is 0.429. The van der Waals surface area contributed by atoms with Gasteiger partial charge < -0.3 is 14.5 Å². The summed E-state index contributed by atoms with van der Waals surface area (Å²) in [5, 5.41) is 0. The third-order valence-corrected chi connectivity index (χ3v) is 4.16. The van der Waals surface area contributed by atoms with Crippen LogP contribution in [0.25, 0.3) is 11.2 Å². The van der Waals surface area contributed by atoms with Gasteiger partial charge in [-0.3, -0.25) is 4.90 Å². The van der Waals surface area contributed by atoms with E-state index in [1.54, 1.807) is 12.7 Å². The summed E-state index contributed by atoms with van der Waals surface area (Å²) in [5.41, 5.74) is 1.64. The summed E-state index contributed by atoms with van der Waals surface area (Å²) in [5.74, 6) is 2.05. The Morgan fingerprint density at radius 3 is 2.73 bits per heavy atom. The zero-order valence-electron chi connectivity index (χ0n) is 12.5. The van der Waals surface area contributed by atoms with E-state index in [-0.39, 0.29) is 0 Å². The van der Waals surface area contributed by atoms with Crippen LogP contribution in [0.4, 0.5) is 5.82 Å². The Kier molecular flexibility index (Phi) is 3.23. The normalized spacial score (nSPS) is 16.5. The highest BCUT2D eigenvalue weighted by atomic mass is 15.3. The Bertz CT molecular complexity index is 768. The lowest BCUT2D eigenvalue weighted by Crippen LogP contribution is -2.46. The summed E-state index contributed by atoms with van der Waals surface area (Å²) in [6.45, 7) is 4.75. The predicted octanol–water partition coefficient (Wildman–Crippen LogP) is 0.409. The zero-order valence-corrected chi connectivity index (χ0v) is 12.5. The largest absolute Gasteiger partial charge is 0.352 e. The van der Waals surface area contributed by atoms with Crippen LogP contribution in [0.3, 0.4) is 0 Å². The van der Waals surface area contributed by atoms with Gasteiger partial charge in [0, 0.05) is 45.6 Å². The van der Waals surface area contributed by atoms with Crippen molar-refractivity contribution in [1.82, 2.24) is 34.4 Å². The SMILES string of the molecule is Cn1ccnc1CN1CCN(c2ncnc3nc[nH]c23)CC1. The first-order valence-corrected chi connectivity index (χ1v) is 7.39. The summed E-state index contributed by atoms with van der Waals surface area (Å²) in [7, 11) is 2.04. The highest BCUT2D eigenvalue weighted by molar-refractivity contribution is 5.82. The molecule has 22 heavy (non-hydrogen) atoms. The van der Waals surface area contributed by atoms with Gasteiger partial charge in [0.15, 0.2) is 11.5 Å². The molecular formula is C14H18N8. The summed E-state index contributed by atoms with van der Waals surface area (Å²) in [6, 6.07) is 0. The number of rotatable bonds is 3. The molecule has 0 aliphatic carbocycles. The van der Waals surface area contributed by atoms with E-state index in [1.807, 2.05) is 19.4 Å². The topological polar surface area (TPSA) is 78.8 Å². The van der Waals surface area contributed by atoms with E-state index in [9.17, 15) is 0 Å². The molecule has 1 saturated heterocycles. The van der Waals surface area contributed by atoms with Gasteiger partial charge in [-0.2, -0.15) is 0 Å². The van der Waals surface area contributed by atoms with Gasteiger partial charge in [0.1, 0.15) is 17.7 Å². The Balaban J connectivity index is 1.46. The fourth-order valence-electron chi connectivity index (χ4n) is 2.86. The lowest BCUT2D eigenvalue weighted by molar-refractivity contribution is 0.241. The van der Waals surface area contributed by atoms with Gasteiger partial charge >= 0.3 is 0 Å². The molecule has 8 nitrogen and oxygen atoms in total. The molecule has 0 aromatic carbocycles. The molecule has 3 aromatic rings. The minimum Gasteiger partial charge on any atom is -0.352 e. The molecule has 4 rings (SSSR count). The lowest BCUT2D eigenvalue weighted by atomic mass is 10.3. The minimum atomic E-state index is 0.723. The van der Waals surface area contributed by atoms with Crippen LogP contribution in [0, 0.1) is 0 Å². The van der Waals surface area contributed by atoms with Crippen LogP contribution in [0.2, 0.25) is 0 Å². The quantitative estimate of drug-likeness (QED) is 0.754.